The van der Waals surface area contributed by atoms with Crippen LogP contribution in [0.4, 0.5) is 0 Å². The summed E-state index contributed by atoms with van der Waals surface area (Å²) in [5.74, 6) is 0. The molecule has 0 aromatic heterocycles. The van der Waals surface area contributed by atoms with Crippen molar-refractivity contribution >= 4 is 12.8 Å². The van der Waals surface area contributed by atoms with E-state index in [0.717, 1.165) is 0 Å². The number of rotatable bonds is 0. The van der Waals surface area contributed by atoms with E-state index in [0.29, 0.717) is 5.41 Å². The number of nitrogens with zero attached hydrogens (tertiary/aromatic N) is 1. The van der Waals surface area contributed by atoms with Gasteiger partial charge in [-0.3, -0.25) is 4.31 Å². The molecule has 10 heavy (non-hydrogen) atoms. The van der Waals surface area contributed by atoms with E-state index in [-0.39, 0.29) is 0 Å². The maximum absolute atomic E-state index is 4.27. The van der Waals surface area contributed by atoms with E-state index in [1.807, 2.05) is 0 Å². The Hall–Kier alpha value is 0.270. The summed E-state index contributed by atoms with van der Waals surface area (Å²) in [4.78, 5) is 0. The van der Waals surface area contributed by atoms with E-state index < -0.39 is 0 Å². The SMILES string of the molecule is SN1CC2(CCCNC2)C1. The molecule has 0 saturated carbocycles. The Morgan fingerprint density at radius 3 is 2.70 bits per heavy atom. The highest BCUT2D eigenvalue weighted by molar-refractivity contribution is 7.77. The Morgan fingerprint density at radius 1 is 1.40 bits per heavy atom. The van der Waals surface area contributed by atoms with Gasteiger partial charge in [-0.25, -0.2) is 0 Å². The molecule has 0 amide bonds. The first-order valence-corrected chi connectivity index (χ1v) is 4.35. The number of hydrogen-bond donors (Lipinski definition) is 2. The largest absolute Gasteiger partial charge is 0.316 e. The Morgan fingerprint density at radius 2 is 2.20 bits per heavy atom. The average molecular weight is 158 g/mol. The van der Waals surface area contributed by atoms with Crippen LogP contribution in [0.3, 0.4) is 0 Å². The fraction of sp³-hybridized carbons (Fsp3) is 1.00. The van der Waals surface area contributed by atoms with E-state index >= 15 is 0 Å². The van der Waals surface area contributed by atoms with Gasteiger partial charge >= 0.3 is 0 Å². The topological polar surface area (TPSA) is 15.3 Å². The molecule has 58 valence electrons. The van der Waals surface area contributed by atoms with Crippen LogP contribution in [0.15, 0.2) is 0 Å². The normalized spacial score (nSPS) is 32.1. The van der Waals surface area contributed by atoms with Gasteiger partial charge in [0.15, 0.2) is 0 Å². The monoisotopic (exact) mass is 158 g/mol. The van der Waals surface area contributed by atoms with Gasteiger partial charge in [-0.15, -0.1) is 0 Å². The zero-order chi connectivity index (χ0) is 7.03. The Kier molecular flexibility index (Phi) is 1.66. The molecule has 0 aliphatic carbocycles. The van der Waals surface area contributed by atoms with Crippen LogP contribution in [0.1, 0.15) is 12.8 Å². The van der Waals surface area contributed by atoms with Crippen molar-refractivity contribution in [3.63, 3.8) is 0 Å². The molecule has 2 aliphatic heterocycles. The summed E-state index contributed by atoms with van der Waals surface area (Å²) in [5, 5.41) is 3.44. The van der Waals surface area contributed by atoms with Crippen LogP contribution in [0.25, 0.3) is 0 Å². The molecule has 0 bridgehead atoms. The second-order valence-corrected chi connectivity index (χ2v) is 4.17. The fourth-order valence-corrected chi connectivity index (χ4v) is 2.63. The molecule has 1 N–H and O–H groups in total. The third kappa shape index (κ3) is 1.06. The molecule has 0 aromatic rings. The number of nitrogens with one attached hydrogen (secondary N) is 1. The quantitative estimate of drug-likeness (QED) is 0.500. The summed E-state index contributed by atoms with van der Waals surface area (Å²) in [5.41, 5.74) is 0.611. The van der Waals surface area contributed by atoms with Crippen molar-refractivity contribution in [3.05, 3.63) is 0 Å². The van der Waals surface area contributed by atoms with Crippen LogP contribution in [-0.4, -0.2) is 30.5 Å². The number of thiol groups is 1. The van der Waals surface area contributed by atoms with Crippen LogP contribution < -0.4 is 5.32 Å². The molecular weight excluding hydrogens is 144 g/mol. The summed E-state index contributed by atoms with van der Waals surface area (Å²) < 4.78 is 2.10. The standard InChI is InChI=1S/C7H14N2S/c10-9-5-7(6-9)2-1-3-8-4-7/h8,10H,1-6H2. The van der Waals surface area contributed by atoms with Gasteiger partial charge in [0.1, 0.15) is 0 Å². The maximum Gasteiger partial charge on any atom is 0.0169 e. The van der Waals surface area contributed by atoms with E-state index in [1.165, 1.54) is 39.0 Å². The number of hydrogen-bond acceptors (Lipinski definition) is 3. The third-order valence-electron chi connectivity index (χ3n) is 2.60. The van der Waals surface area contributed by atoms with Gasteiger partial charge in [0.05, 0.1) is 0 Å². The molecule has 0 aromatic carbocycles. The lowest BCUT2D eigenvalue weighted by atomic mass is 9.75. The van der Waals surface area contributed by atoms with Gasteiger partial charge < -0.3 is 5.32 Å². The van der Waals surface area contributed by atoms with Gasteiger partial charge in [0.2, 0.25) is 0 Å². The summed E-state index contributed by atoms with van der Waals surface area (Å²) >= 11 is 4.27. The highest BCUT2D eigenvalue weighted by Gasteiger charge is 2.42. The number of piperidine rings is 1. The van der Waals surface area contributed by atoms with Crippen LogP contribution in [0, 0.1) is 5.41 Å². The van der Waals surface area contributed by atoms with Crippen molar-refractivity contribution in [2.24, 2.45) is 5.41 Å². The van der Waals surface area contributed by atoms with E-state index in [2.05, 4.69) is 22.4 Å². The molecule has 2 fully saturated rings. The van der Waals surface area contributed by atoms with Gasteiger partial charge in [-0.1, -0.05) is 12.8 Å². The molecule has 2 rings (SSSR count). The molecule has 1 spiro atoms. The average Bonchev–Trinajstić information content (AvgIpc) is 1.87. The molecule has 0 atom stereocenters. The Labute approximate surface area is 67.5 Å². The summed E-state index contributed by atoms with van der Waals surface area (Å²) in [7, 11) is 0. The van der Waals surface area contributed by atoms with Gasteiger partial charge in [0.25, 0.3) is 0 Å². The van der Waals surface area contributed by atoms with E-state index in [4.69, 9.17) is 0 Å². The highest BCUT2D eigenvalue weighted by Crippen LogP contribution is 2.36. The van der Waals surface area contributed by atoms with Crippen molar-refractivity contribution < 1.29 is 0 Å². The second kappa shape index (κ2) is 2.40. The van der Waals surface area contributed by atoms with Crippen molar-refractivity contribution in [3.8, 4) is 0 Å². The zero-order valence-corrected chi connectivity index (χ0v) is 7.03. The minimum Gasteiger partial charge on any atom is -0.316 e. The molecule has 2 aliphatic rings. The fourth-order valence-electron chi connectivity index (χ4n) is 2.03. The van der Waals surface area contributed by atoms with Crippen molar-refractivity contribution in [1.29, 1.82) is 0 Å². The predicted octanol–water partition coefficient (Wildman–Crippen LogP) is 0.517. The first-order valence-electron chi connectivity index (χ1n) is 3.95. The summed E-state index contributed by atoms with van der Waals surface area (Å²) in [6, 6.07) is 0. The molecule has 0 unspecified atom stereocenters. The van der Waals surface area contributed by atoms with Gasteiger partial charge in [0, 0.05) is 25.0 Å². The molecule has 2 nitrogen and oxygen atoms in total. The van der Waals surface area contributed by atoms with Crippen LogP contribution in [-0.2, 0) is 0 Å². The van der Waals surface area contributed by atoms with Crippen molar-refractivity contribution in [1.82, 2.24) is 9.62 Å². The lowest BCUT2D eigenvalue weighted by Crippen LogP contribution is -2.58. The van der Waals surface area contributed by atoms with Crippen LogP contribution in [0.2, 0.25) is 0 Å². The van der Waals surface area contributed by atoms with Crippen LogP contribution >= 0.6 is 12.8 Å². The van der Waals surface area contributed by atoms with E-state index in [9.17, 15) is 0 Å². The molecule has 2 saturated heterocycles. The maximum atomic E-state index is 4.27. The van der Waals surface area contributed by atoms with Gasteiger partial charge in [-0.05, 0) is 19.4 Å². The predicted molar refractivity (Wildman–Crippen MR) is 45.1 cm³/mol. The summed E-state index contributed by atoms with van der Waals surface area (Å²) in [6.45, 7) is 4.80. The van der Waals surface area contributed by atoms with E-state index in [1.54, 1.807) is 0 Å². The third-order valence-corrected chi connectivity index (χ3v) is 2.88. The van der Waals surface area contributed by atoms with Gasteiger partial charge in [-0.2, -0.15) is 0 Å². The highest BCUT2D eigenvalue weighted by atomic mass is 32.1. The second-order valence-electron chi connectivity index (χ2n) is 3.60. The Balaban J connectivity index is 1.90. The minimum atomic E-state index is 0.611. The van der Waals surface area contributed by atoms with Crippen molar-refractivity contribution in [2.45, 2.75) is 12.8 Å². The first kappa shape index (κ1) is 6.95. The lowest BCUT2D eigenvalue weighted by molar-refractivity contribution is 0.0533. The lowest BCUT2D eigenvalue weighted by Gasteiger charge is -2.50. The zero-order valence-electron chi connectivity index (χ0n) is 6.14. The minimum absolute atomic E-state index is 0.611. The molecular formula is C7H14N2S. The van der Waals surface area contributed by atoms with Crippen LogP contribution in [0.5, 0.6) is 0 Å². The van der Waals surface area contributed by atoms with Crippen molar-refractivity contribution in [2.75, 3.05) is 26.2 Å². The summed E-state index contributed by atoms with van der Waals surface area (Å²) in [6.07, 6.45) is 2.75. The molecule has 3 heteroatoms. The first-order chi connectivity index (χ1) is 4.81. The molecule has 2 heterocycles. The molecule has 0 radical (unpaired) electrons. The smallest absolute Gasteiger partial charge is 0.0169 e. The Bertz CT molecular complexity index is 116.